The van der Waals surface area contributed by atoms with Crippen molar-refractivity contribution in [1.82, 2.24) is 9.97 Å². The van der Waals surface area contributed by atoms with Crippen LogP contribution in [0.2, 0.25) is 0 Å². The topological polar surface area (TPSA) is 94.7 Å². The molecule has 0 radical (unpaired) electrons. The van der Waals surface area contributed by atoms with Crippen LogP contribution in [-0.2, 0) is 16.0 Å². The molecule has 0 amide bonds. The lowest BCUT2D eigenvalue weighted by atomic mass is 9.96. The van der Waals surface area contributed by atoms with Crippen LogP contribution < -0.4 is 11.1 Å². The molecule has 2 heterocycles. The third kappa shape index (κ3) is 3.88. The van der Waals surface area contributed by atoms with Gasteiger partial charge in [0.05, 0.1) is 17.5 Å². The Balaban J connectivity index is 1.51. The molecule has 4 rings (SSSR count). The molecule has 0 bridgehead atoms. The van der Waals surface area contributed by atoms with E-state index in [1.165, 1.54) is 25.2 Å². The number of rotatable bonds is 6. The smallest absolute Gasteiger partial charge is 0.144 e. The summed E-state index contributed by atoms with van der Waals surface area (Å²) in [6.45, 7) is 0. The van der Waals surface area contributed by atoms with Crippen molar-refractivity contribution < 1.29 is 9.57 Å². The number of oxime groups is 1. The summed E-state index contributed by atoms with van der Waals surface area (Å²) in [5.41, 5.74) is 8.66. The van der Waals surface area contributed by atoms with E-state index in [4.69, 9.17) is 15.3 Å². The van der Waals surface area contributed by atoms with Crippen molar-refractivity contribution in [2.45, 2.75) is 12.5 Å². The fourth-order valence-electron chi connectivity index (χ4n) is 3.23. The van der Waals surface area contributed by atoms with E-state index in [0.29, 0.717) is 17.2 Å². The highest BCUT2D eigenvalue weighted by Crippen LogP contribution is 2.32. The number of allylic oxidation sites excluding steroid dienone is 2. The highest BCUT2D eigenvalue weighted by Gasteiger charge is 2.28. The normalized spacial score (nSPS) is 20.3. The van der Waals surface area contributed by atoms with Gasteiger partial charge in [-0.25, -0.2) is 9.97 Å². The molecule has 0 spiro atoms. The zero-order valence-corrected chi connectivity index (χ0v) is 15.4. The molecule has 1 aromatic carbocycles. The van der Waals surface area contributed by atoms with E-state index in [1.807, 2.05) is 24.3 Å². The van der Waals surface area contributed by atoms with Crippen LogP contribution in [0.5, 0.6) is 0 Å². The Morgan fingerprint density at radius 2 is 2.11 bits per heavy atom. The molecule has 1 aromatic heterocycles. The van der Waals surface area contributed by atoms with Crippen LogP contribution in [0.15, 0.2) is 77.6 Å². The van der Waals surface area contributed by atoms with Crippen molar-refractivity contribution in [3.63, 3.8) is 0 Å². The van der Waals surface area contributed by atoms with Crippen molar-refractivity contribution in [1.29, 1.82) is 0 Å². The van der Waals surface area contributed by atoms with Gasteiger partial charge in [-0.05, 0) is 29.9 Å². The largest absolute Gasteiger partial charge is 0.490 e. The predicted octanol–water partition coefficient (Wildman–Crippen LogP) is 3.05. The van der Waals surface area contributed by atoms with Crippen molar-refractivity contribution in [2.75, 3.05) is 18.2 Å². The molecule has 3 N–H and O–H groups in total. The van der Waals surface area contributed by atoms with Gasteiger partial charge in [-0.15, -0.1) is 0 Å². The number of fused-ring (bicyclic) bond motifs is 1. The number of anilines is 2. The molecule has 2 aliphatic rings. The van der Waals surface area contributed by atoms with Gasteiger partial charge in [0.2, 0.25) is 0 Å². The van der Waals surface area contributed by atoms with E-state index in [-0.39, 0.29) is 12.0 Å². The van der Waals surface area contributed by atoms with Crippen LogP contribution in [0.25, 0.3) is 0 Å². The maximum absolute atomic E-state index is 6.08. The second-order valence-corrected chi connectivity index (χ2v) is 6.50. The number of ether oxygens (including phenoxy) is 1. The molecule has 142 valence electrons. The Labute approximate surface area is 163 Å². The average Bonchev–Trinajstić information content (AvgIpc) is 3.10. The summed E-state index contributed by atoms with van der Waals surface area (Å²) in [4.78, 5) is 13.0. The molecule has 7 nitrogen and oxygen atoms in total. The second kappa shape index (κ2) is 7.96. The Hall–Kier alpha value is -3.61. The molecule has 2 aromatic rings. The minimum absolute atomic E-state index is 0.0225. The molecular weight excluding hydrogens is 354 g/mol. The minimum Gasteiger partial charge on any atom is -0.490 e. The van der Waals surface area contributed by atoms with Gasteiger partial charge in [0.1, 0.15) is 31.2 Å². The van der Waals surface area contributed by atoms with Gasteiger partial charge >= 0.3 is 0 Å². The quantitative estimate of drug-likeness (QED) is 0.595. The predicted molar refractivity (Wildman–Crippen MR) is 108 cm³/mol. The van der Waals surface area contributed by atoms with Gasteiger partial charge in [-0.1, -0.05) is 35.5 Å². The summed E-state index contributed by atoms with van der Waals surface area (Å²) in [6, 6.07) is 10.3. The number of nitrogen functional groups attached to an aromatic ring is 1. The molecular formula is C21H21N5O2. The van der Waals surface area contributed by atoms with Gasteiger partial charge in [0, 0.05) is 18.0 Å². The lowest BCUT2D eigenvalue weighted by molar-refractivity contribution is 0.160. The molecule has 28 heavy (non-hydrogen) atoms. The Bertz CT molecular complexity index is 966. The van der Waals surface area contributed by atoms with Crippen LogP contribution in [0.3, 0.4) is 0 Å². The number of aromatic nitrogens is 2. The zero-order valence-electron chi connectivity index (χ0n) is 15.4. The fraction of sp³-hybridized carbons (Fsp3) is 0.190. The number of nitrogens with zero attached hydrogens (tertiary/aromatic N) is 3. The van der Waals surface area contributed by atoms with E-state index in [2.05, 4.69) is 50.8 Å². The van der Waals surface area contributed by atoms with Gasteiger partial charge in [0.15, 0.2) is 0 Å². The van der Waals surface area contributed by atoms with Crippen LogP contribution in [0, 0.1) is 5.92 Å². The lowest BCUT2D eigenvalue weighted by Crippen LogP contribution is -2.18. The van der Waals surface area contributed by atoms with E-state index in [0.717, 1.165) is 17.9 Å². The second-order valence-electron chi connectivity index (χ2n) is 6.50. The summed E-state index contributed by atoms with van der Waals surface area (Å²) in [5, 5.41) is 7.06. The molecule has 2 atom stereocenters. The van der Waals surface area contributed by atoms with Crippen molar-refractivity contribution in [2.24, 2.45) is 11.1 Å². The first-order chi connectivity index (χ1) is 13.7. The Kier molecular flexibility index (Phi) is 5.05. The van der Waals surface area contributed by atoms with Crippen LogP contribution >= 0.6 is 0 Å². The summed E-state index contributed by atoms with van der Waals surface area (Å²) in [5.74, 6) is 2.05. The maximum Gasteiger partial charge on any atom is 0.144 e. The number of hydrogen-bond acceptors (Lipinski definition) is 7. The van der Waals surface area contributed by atoms with E-state index in [1.54, 1.807) is 0 Å². The van der Waals surface area contributed by atoms with Crippen LogP contribution in [0.4, 0.5) is 11.6 Å². The van der Waals surface area contributed by atoms with Crippen LogP contribution in [0.1, 0.15) is 11.1 Å². The molecule has 0 fully saturated rings. The standard InChI is InChI=1S/C21H21N5O2/c1-27-25-12-18-20(22)23-13-24-21(18)26-16-7-8-19-15(10-16)11-17(28-19)9-14-5-3-2-4-6-14/h2-8,10-13,15,19H,9H2,1H3,(H3,22,23,24,26). The van der Waals surface area contributed by atoms with Crippen LogP contribution in [-0.4, -0.2) is 29.4 Å². The first kappa shape index (κ1) is 17.8. The van der Waals surface area contributed by atoms with Crippen molar-refractivity contribution in [3.8, 4) is 0 Å². The van der Waals surface area contributed by atoms with Crippen molar-refractivity contribution in [3.05, 3.63) is 83.5 Å². The average molecular weight is 375 g/mol. The highest BCUT2D eigenvalue weighted by atomic mass is 16.6. The lowest BCUT2D eigenvalue weighted by Gasteiger charge is -2.20. The zero-order chi connectivity index (χ0) is 19.3. The molecule has 1 aliphatic heterocycles. The Morgan fingerprint density at radius 1 is 1.25 bits per heavy atom. The van der Waals surface area contributed by atoms with E-state index >= 15 is 0 Å². The summed E-state index contributed by atoms with van der Waals surface area (Å²) in [6.07, 6.45) is 12.0. The third-order valence-electron chi connectivity index (χ3n) is 4.57. The molecule has 2 unspecified atom stereocenters. The summed E-state index contributed by atoms with van der Waals surface area (Å²) < 4.78 is 6.08. The highest BCUT2D eigenvalue weighted by molar-refractivity contribution is 5.91. The molecule has 0 saturated heterocycles. The van der Waals surface area contributed by atoms with Gasteiger partial charge in [-0.2, -0.15) is 0 Å². The molecule has 1 aliphatic carbocycles. The number of hydrogen-bond donors (Lipinski definition) is 2. The van der Waals surface area contributed by atoms with Gasteiger partial charge < -0.3 is 20.6 Å². The first-order valence-electron chi connectivity index (χ1n) is 8.98. The molecule has 0 saturated carbocycles. The fourth-order valence-corrected chi connectivity index (χ4v) is 3.23. The maximum atomic E-state index is 6.08. The summed E-state index contributed by atoms with van der Waals surface area (Å²) in [7, 11) is 1.47. The first-order valence-corrected chi connectivity index (χ1v) is 8.98. The third-order valence-corrected chi connectivity index (χ3v) is 4.57. The minimum atomic E-state index is 0.0225. The van der Waals surface area contributed by atoms with E-state index < -0.39 is 0 Å². The monoisotopic (exact) mass is 375 g/mol. The summed E-state index contributed by atoms with van der Waals surface area (Å²) >= 11 is 0. The van der Waals surface area contributed by atoms with Gasteiger partial charge in [-0.3, -0.25) is 0 Å². The number of benzene rings is 1. The number of nitrogens with two attached hydrogens (primary N) is 1. The number of nitrogens with one attached hydrogen (secondary N) is 1. The van der Waals surface area contributed by atoms with Gasteiger partial charge in [0.25, 0.3) is 0 Å². The Morgan fingerprint density at radius 3 is 2.93 bits per heavy atom. The molecule has 7 heteroatoms. The van der Waals surface area contributed by atoms with Crippen molar-refractivity contribution >= 4 is 17.9 Å². The van der Waals surface area contributed by atoms with E-state index in [9.17, 15) is 0 Å². The SMILES string of the molecule is CON=Cc1c(N)ncnc1NC1=CC2C=C(Cc3ccccc3)OC2C=C1.